The number of anilines is 1. The van der Waals surface area contributed by atoms with Crippen LogP contribution >= 0.6 is 34.5 Å². The fourth-order valence-corrected chi connectivity index (χ4v) is 3.10. The molecule has 0 aliphatic carbocycles. The van der Waals surface area contributed by atoms with Crippen LogP contribution in [0.2, 0.25) is 10.0 Å². The normalized spacial score (nSPS) is 10.9. The molecule has 0 aliphatic rings. The van der Waals surface area contributed by atoms with Crippen molar-refractivity contribution >= 4 is 55.8 Å². The standard InChI is InChI=1S/C14H6Cl2F2N2OS/c15-9-4-11-12(5-10(9)16)22-14(19-11)20-13(21)6-1-7(17)3-8(18)2-6/h1-5H,(H,19,20,21). The molecule has 3 nitrogen and oxygen atoms in total. The van der Waals surface area contributed by atoms with Gasteiger partial charge in [-0.3, -0.25) is 10.1 Å². The van der Waals surface area contributed by atoms with Crippen LogP contribution in [-0.2, 0) is 0 Å². The number of halogens is 4. The molecule has 1 N–H and O–H groups in total. The number of hydrogen-bond donors (Lipinski definition) is 1. The van der Waals surface area contributed by atoms with E-state index >= 15 is 0 Å². The van der Waals surface area contributed by atoms with E-state index in [0.29, 0.717) is 21.6 Å². The number of carbonyl (C=O) groups excluding carboxylic acids is 1. The molecule has 0 atom stereocenters. The first kappa shape index (κ1) is 15.1. The van der Waals surface area contributed by atoms with Crippen molar-refractivity contribution in [3.63, 3.8) is 0 Å². The Morgan fingerprint density at radius 3 is 2.36 bits per heavy atom. The van der Waals surface area contributed by atoms with E-state index in [1.165, 1.54) is 11.3 Å². The lowest BCUT2D eigenvalue weighted by molar-refractivity contribution is 0.102. The maximum absolute atomic E-state index is 13.1. The van der Waals surface area contributed by atoms with Gasteiger partial charge in [0.15, 0.2) is 5.13 Å². The molecule has 2 aromatic carbocycles. The van der Waals surface area contributed by atoms with Gasteiger partial charge in [-0.1, -0.05) is 34.5 Å². The first-order valence-corrected chi connectivity index (χ1v) is 7.52. The van der Waals surface area contributed by atoms with Crippen LogP contribution < -0.4 is 5.32 Å². The number of thiazole rings is 1. The van der Waals surface area contributed by atoms with Gasteiger partial charge in [-0.2, -0.15) is 0 Å². The molecule has 8 heteroatoms. The van der Waals surface area contributed by atoms with Crippen molar-refractivity contribution in [2.24, 2.45) is 0 Å². The molecule has 3 rings (SSSR count). The van der Waals surface area contributed by atoms with E-state index in [9.17, 15) is 13.6 Å². The van der Waals surface area contributed by atoms with E-state index in [4.69, 9.17) is 23.2 Å². The predicted octanol–water partition coefficient (Wildman–Crippen LogP) is 5.13. The number of rotatable bonds is 2. The van der Waals surface area contributed by atoms with E-state index in [-0.39, 0.29) is 10.7 Å². The van der Waals surface area contributed by atoms with Crippen molar-refractivity contribution in [1.29, 1.82) is 0 Å². The van der Waals surface area contributed by atoms with Gasteiger partial charge in [0.25, 0.3) is 5.91 Å². The minimum absolute atomic E-state index is 0.132. The van der Waals surface area contributed by atoms with Gasteiger partial charge in [0.05, 0.1) is 20.3 Å². The number of hydrogen-bond acceptors (Lipinski definition) is 3. The molecule has 22 heavy (non-hydrogen) atoms. The molecule has 0 saturated carbocycles. The average molecular weight is 359 g/mol. The summed E-state index contributed by atoms with van der Waals surface area (Å²) in [6.07, 6.45) is 0. The number of amides is 1. The smallest absolute Gasteiger partial charge is 0.257 e. The van der Waals surface area contributed by atoms with Crippen molar-refractivity contribution in [3.05, 3.63) is 57.6 Å². The number of nitrogens with zero attached hydrogens (tertiary/aromatic N) is 1. The summed E-state index contributed by atoms with van der Waals surface area (Å²) in [6, 6.07) is 5.79. The minimum Gasteiger partial charge on any atom is -0.298 e. The third kappa shape index (κ3) is 3.04. The number of carbonyl (C=O) groups is 1. The highest BCUT2D eigenvalue weighted by Crippen LogP contribution is 2.33. The summed E-state index contributed by atoms with van der Waals surface area (Å²) in [4.78, 5) is 16.2. The van der Waals surface area contributed by atoms with E-state index in [2.05, 4.69) is 10.3 Å². The maximum atomic E-state index is 13.1. The van der Waals surface area contributed by atoms with Crippen molar-refractivity contribution in [3.8, 4) is 0 Å². The average Bonchev–Trinajstić information content (AvgIpc) is 2.79. The second kappa shape index (κ2) is 5.79. The lowest BCUT2D eigenvalue weighted by Gasteiger charge is -2.02. The molecule has 112 valence electrons. The Hall–Kier alpha value is -1.76. The van der Waals surface area contributed by atoms with Gasteiger partial charge >= 0.3 is 0 Å². The summed E-state index contributed by atoms with van der Waals surface area (Å²) >= 11 is 13.0. The minimum atomic E-state index is -0.826. The molecule has 3 aromatic rings. The zero-order valence-corrected chi connectivity index (χ0v) is 13.0. The van der Waals surface area contributed by atoms with Crippen molar-refractivity contribution < 1.29 is 13.6 Å². The van der Waals surface area contributed by atoms with E-state index in [1.54, 1.807) is 12.1 Å². The van der Waals surface area contributed by atoms with Crippen molar-refractivity contribution in [1.82, 2.24) is 4.98 Å². The third-order valence-electron chi connectivity index (χ3n) is 2.78. The Labute approximate surface area is 137 Å². The van der Waals surface area contributed by atoms with E-state index < -0.39 is 17.5 Å². The zero-order chi connectivity index (χ0) is 15.9. The quantitative estimate of drug-likeness (QED) is 0.689. The number of fused-ring (bicyclic) bond motifs is 1. The number of aromatic nitrogens is 1. The number of benzene rings is 2. The van der Waals surface area contributed by atoms with E-state index in [1.807, 2.05) is 0 Å². The van der Waals surface area contributed by atoms with Gasteiger partial charge in [0, 0.05) is 11.6 Å². The van der Waals surface area contributed by atoms with Crippen LogP contribution in [0.25, 0.3) is 10.2 Å². The highest BCUT2D eigenvalue weighted by Gasteiger charge is 2.13. The van der Waals surface area contributed by atoms with Gasteiger partial charge in [-0.05, 0) is 24.3 Å². The Bertz CT molecular complexity index is 839. The first-order valence-electron chi connectivity index (χ1n) is 5.95. The first-order chi connectivity index (χ1) is 10.4. The van der Waals surface area contributed by atoms with Gasteiger partial charge in [-0.15, -0.1) is 0 Å². The van der Waals surface area contributed by atoms with Gasteiger partial charge < -0.3 is 0 Å². The van der Waals surface area contributed by atoms with E-state index in [0.717, 1.165) is 16.8 Å². The summed E-state index contributed by atoms with van der Waals surface area (Å²) in [6.45, 7) is 0. The summed E-state index contributed by atoms with van der Waals surface area (Å²) < 4.78 is 27.0. The number of nitrogens with one attached hydrogen (secondary N) is 1. The fourth-order valence-electron chi connectivity index (χ4n) is 1.83. The van der Waals surface area contributed by atoms with Crippen LogP contribution in [0.5, 0.6) is 0 Å². The largest absolute Gasteiger partial charge is 0.298 e. The third-order valence-corrected chi connectivity index (χ3v) is 4.43. The molecule has 0 radical (unpaired) electrons. The van der Waals surface area contributed by atoms with Crippen LogP contribution in [0.15, 0.2) is 30.3 Å². The second-order valence-corrected chi connectivity index (χ2v) is 6.21. The van der Waals surface area contributed by atoms with Gasteiger partial charge in [0.1, 0.15) is 11.6 Å². The molecule has 0 bridgehead atoms. The topological polar surface area (TPSA) is 42.0 Å². The summed E-state index contributed by atoms with van der Waals surface area (Å²) in [5, 5.41) is 3.50. The molecule has 1 heterocycles. The monoisotopic (exact) mass is 358 g/mol. The maximum Gasteiger partial charge on any atom is 0.257 e. The Morgan fingerprint density at radius 2 is 1.68 bits per heavy atom. The van der Waals surface area contributed by atoms with Crippen LogP contribution in [0.3, 0.4) is 0 Å². The van der Waals surface area contributed by atoms with Crippen LogP contribution in [-0.4, -0.2) is 10.9 Å². The Kier molecular flexibility index (Phi) is 3.99. The summed E-state index contributed by atoms with van der Waals surface area (Å²) in [5.41, 5.74) is 0.438. The molecule has 0 unspecified atom stereocenters. The van der Waals surface area contributed by atoms with Crippen molar-refractivity contribution in [2.75, 3.05) is 5.32 Å². The Balaban J connectivity index is 1.90. The Morgan fingerprint density at radius 1 is 1.05 bits per heavy atom. The lowest BCUT2D eigenvalue weighted by Crippen LogP contribution is -2.12. The fraction of sp³-hybridized carbons (Fsp3) is 0. The highest BCUT2D eigenvalue weighted by molar-refractivity contribution is 7.22. The SMILES string of the molecule is O=C(Nc1nc2cc(Cl)c(Cl)cc2s1)c1cc(F)cc(F)c1. The highest BCUT2D eigenvalue weighted by atomic mass is 35.5. The van der Waals surface area contributed by atoms with Crippen LogP contribution in [0.4, 0.5) is 13.9 Å². The summed E-state index contributed by atoms with van der Waals surface area (Å²) in [7, 11) is 0. The molecule has 1 aromatic heterocycles. The van der Waals surface area contributed by atoms with Crippen LogP contribution in [0, 0.1) is 11.6 Å². The summed E-state index contributed by atoms with van der Waals surface area (Å²) in [5.74, 6) is -2.31. The molecule has 0 saturated heterocycles. The van der Waals surface area contributed by atoms with Crippen molar-refractivity contribution in [2.45, 2.75) is 0 Å². The molecule has 0 spiro atoms. The molecular formula is C14H6Cl2F2N2OS. The molecule has 0 fully saturated rings. The second-order valence-electron chi connectivity index (χ2n) is 4.37. The molecule has 1 amide bonds. The molecular weight excluding hydrogens is 353 g/mol. The predicted molar refractivity (Wildman–Crippen MR) is 84.0 cm³/mol. The van der Waals surface area contributed by atoms with Gasteiger partial charge in [0.2, 0.25) is 0 Å². The zero-order valence-electron chi connectivity index (χ0n) is 10.7. The van der Waals surface area contributed by atoms with Gasteiger partial charge in [-0.25, -0.2) is 13.8 Å². The molecule has 0 aliphatic heterocycles. The lowest BCUT2D eigenvalue weighted by atomic mass is 10.2. The van der Waals surface area contributed by atoms with Crippen LogP contribution in [0.1, 0.15) is 10.4 Å².